The molecule has 1 rings (SSSR count). The number of amides is 1. The molecule has 1 atom stereocenters. The van der Waals surface area contributed by atoms with Crippen LogP contribution in [0.2, 0.25) is 0 Å². The van der Waals surface area contributed by atoms with E-state index in [1.165, 1.54) is 6.20 Å². The quantitative estimate of drug-likeness (QED) is 0.840. The number of carbonyl (C=O) groups is 1. The Hall–Kier alpha value is -1.93. The smallest absolute Gasteiger partial charge is 0.225 e. The third-order valence-corrected chi connectivity index (χ3v) is 2.34. The molecule has 90 valence electrons. The van der Waals surface area contributed by atoms with Crippen LogP contribution in [-0.2, 0) is 9.53 Å². The number of rotatable bonds is 5. The van der Waals surface area contributed by atoms with E-state index >= 15 is 0 Å². The largest absolute Gasteiger partial charge is 0.382 e. The Morgan fingerprint density at radius 1 is 1.65 bits per heavy atom. The topological polar surface area (TPSA) is 75.0 Å². The van der Waals surface area contributed by atoms with Crippen molar-refractivity contribution in [1.82, 2.24) is 4.98 Å². The number of nitriles is 1. The molecule has 1 unspecified atom stereocenters. The lowest BCUT2D eigenvalue weighted by atomic mass is 10.2. The first-order valence-electron chi connectivity index (χ1n) is 5.34. The minimum atomic E-state index is -0.105. The van der Waals surface area contributed by atoms with E-state index in [1.807, 2.05) is 13.0 Å². The van der Waals surface area contributed by atoms with Crippen molar-refractivity contribution < 1.29 is 9.53 Å². The van der Waals surface area contributed by atoms with Gasteiger partial charge in [0.05, 0.1) is 11.7 Å². The Balaban J connectivity index is 2.43. The molecule has 1 aromatic heterocycles. The molecule has 0 aliphatic carbocycles. The van der Waals surface area contributed by atoms with Gasteiger partial charge in [-0.1, -0.05) is 0 Å². The molecule has 5 heteroatoms. The zero-order valence-electron chi connectivity index (χ0n) is 9.93. The van der Waals surface area contributed by atoms with Crippen molar-refractivity contribution in [2.45, 2.75) is 25.9 Å². The number of pyridine rings is 1. The molecule has 0 aliphatic rings. The molecule has 0 aliphatic heterocycles. The Kier molecular flexibility index (Phi) is 5.11. The number of anilines is 1. The van der Waals surface area contributed by atoms with Crippen molar-refractivity contribution in [3.8, 4) is 6.07 Å². The van der Waals surface area contributed by atoms with Gasteiger partial charge in [-0.3, -0.25) is 4.79 Å². The summed E-state index contributed by atoms with van der Waals surface area (Å²) in [7, 11) is 1.62. The van der Waals surface area contributed by atoms with E-state index < -0.39 is 0 Å². The summed E-state index contributed by atoms with van der Waals surface area (Å²) >= 11 is 0. The van der Waals surface area contributed by atoms with E-state index in [1.54, 1.807) is 19.2 Å². The monoisotopic (exact) mass is 233 g/mol. The van der Waals surface area contributed by atoms with Crippen LogP contribution in [0.1, 0.15) is 25.3 Å². The van der Waals surface area contributed by atoms with Crippen molar-refractivity contribution in [2.24, 2.45) is 0 Å². The van der Waals surface area contributed by atoms with E-state index in [0.29, 0.717) is 24.2 Å². The molecule has 0 spiro atoms. The van der Waals surface area contributed by atoms with Gasteiger partial charge < -0.3 is 10.1 Å². The SMILES string of the molecule is COC(C)CCC(=O)Nc1ccc(C#N)cn1. The highest BCUT2D eigenvalue weighted by Crippen LogP contribution is 2.06. The minimum absolute atomic E-state index is 0.0645. The van der Waals surface area contributed by atoms with Crippen LogP contribution < -0.4 is 5.32 Å². The number of ether oxygens (including phenoxy) is 1. The molecule has 0 saturated heterocycles. The summed E-state index contributed by atoms with van der Waals surface area (Å²) in [6.07, 6.45) is 2.54. The highest BCUT2D eigenvalue weighted by molar-refractivity contribution is 5.89. The van der Waals surface area contributed by atoms with E-state index in [2.05, 4.69) is 10.3 Å². The minimum Gasteiger partial charge on any atom is -0.382 e. The van der Waals surface area contributed by atoms with Crippen LogP contribution in [0.4, 0.5) is 5.82 Å². The van der Waals surface area contributed by atoms with Crippen LogP contribution in [0.15, 0.2) is 18.3 Å². The number of carbonyl (C=O) groups excluding carboxylic acids is 1. The third kappa shape index (κ3) is 4.62. The highest BCUT2D eigenvalue weighted by atomic mass is 16.5. The summed E-state index contributed by atoms with van der Waals surface area (Å²) in [6, 6.07) is 5.18. The second-order valence-electron chi connectivity index (χ2n) is 3.68. The van der Waals surface area contributed by atoms with E-state index in [9.17, 15) is 4.79 Å². The van der Waals surface area contributed by atoms with Gasteiger partial charge in [0.2, 0.25) is 5.91 Å². The maximum atomic E-state index is 11.5. The van der Waals surface area contributed by atoms with Gasteiger partial charge in [-0.15, -0.1) is 0 Å². The van der Waals surface area contributed by atoms with Gasteiger partial charge >= 0.3 is 0 Å². The summed E-state index contributed by atoms with van der Waals surface area (Å²) in [6.45, 7) is 1.91. The maximum Gasteiger partial charge on any atom is 0.225 e. The molecule has 0 bridgehead atoms. The molecule has 0 fully saturated rings. The third-order valence-electron chi connectivity index (χ3n) is 2.34. The van der Waals surface area contributed by atoms with Crippen molar-refractivity contribution >= 4 is 11.7 Å². The van der Waals surface area contributed by atoms with Crippen molar-refractivity contribution in [1.29, 1.82) is 5.26 Å². The summed E-state index contributed by atoms with van der Waals surface area (Å²) < 4.78 is 5.05. The van der Waals surface area contributed by atoms with Crippen LogP contribution in [0.5, 0.6) is 0 Å². The van der Waals surface area contributed by atoms with Crippen LogP contribution >= 0.6 is 0 Å². The lowest BCUT2D eigenvalue weighted by Gasteiger charge is -2.08. The molecular formula is C12H15N3O2. The normalized spacial score (nSPS) is 11.6. The van der Waals surface area contributed by atoms with Crippen LogP contribution in [0.25, 0.3) is 0 Å². The Morgan fingerprint density at radius 3 is 2.94 bits per heavy atom. The first-order chi connectivity index (χ1) is 8.15. The first kappa shape index (κ1) is 13.1. The van der Waals surface area contributed by atoms with Gasteiger partial charge in [-0.05, 0) is 25.5 Å². The number of methoxy groups -OCH3 is 1. The predicted octanol–water partition coefficient (Wildman–Crippen LogP) is 1.71. The molecule has 0 saturated carbocycles. The van der Waals surface area contributed by atoms with E-state index in [-0.39, 0.29) is 12.0 Å². The number of hydrogen-bond donors (Lipinski definition) is 1. The van der Waals surface area contributed by atoms with Crippen molar-refractivity contribution in [3.05, 3.63) is 23.9 Å². The standard InChI is InChI=1S/C12H15N3O2/c1-9(17-2)3-6-12(16)15-11-5-4-10(7-13)8-14-11/h4-5,8-9H,3,6H2,1-2H3,(H,14,15,16). The summed E-state index contributed by atoms with van der Waals surface area (Å²) in [5, 5.41) is 11.2. The predicted molar refractivity (Wildman–Crippen MR) is 63.3 cm³/mol. The zero-order chi connectivity index (χ0) is 12.7. The summed E-state index contributed by atoms with van der Waals surface area (Å²) in [5.74, 6) is 0.352. The average Bonchev–Trinajstić information content (AvgIpc) is 2.36. The first-order valence-corrected chi connectivity index (χ1v) is 5.34. The molecular weight excluding hydrogens is 218 g/mol. The molecule has 1 aromatic rings. The molecule has 0 radical (unpaired) electrons. The fraction of sp³-hybridized carbons (Fsp3) is 0.417. The zero-order valence-corrected chi connectivity index (χ0v) is 9.93. The van der Waals surface area contributed by atoms with Gasteiger partial charge in [0, 0.05) is 19.7 Å². The number of nitrogens with zero attached hydrogens (tertiary/aromatic N) is 2. The van der Waals surface area contributed by atoms with Crippen molar-refractivity contribution in [2.75, 3.05) is 12.4 Å². The van der Waals surface area contributed by atoms with Gasteiger partial charge in [0.15, 0.2) is 0 Å². The van der Waals surface area contributed by atoms with Crippen LogP contribution in [0, 0.1) is 11.3 Å². The highest BCUT2D eigenvalue weighted by Gasteiger charge is 2.06. The number of hydrogen-bond acceptors (Lipinski definition) is 4. The van der Waals surface area contributed by atoms with E-state index in [4.69, 9.17) is 10.00 Å². The van der Waals surface area contributed by atoms with Crippen molar-refractivity contribution in [3.63, 3.8) is 0 Å². The van der Waals surface area contributed by atoms with Gasteiger partial charge in [-0.2, -0.15) is 5.26 Å². The fourth-order valence-electron chi connectivity index (χ4n) is 1.19. The van der Waals surface area contributed by atoms with Gasteiger partial charge in [0.1, 0.15) is 11.9 Å². The Labute approximate surface area is 100 Å². The Bertz CT molecular complexity index is 409. The average molecular weight is 233 g/mol. The second kappa shape index (κ2) is 6.61. The lowest BCUT2D eigenvalue weighted by molar-refractivity contribution is -0.116. The molecule has 0 aromatic carbocycles. The Morgan fingerprint density at radius 2 is 2.41 bits per heavy atom. The van der Waals surface area contributed by atoms with Crippen LogP contribution in [-0.4, -0.2) is 24.1 Å². The van der Waals surface area contributed by atoms with E-state index in [0.717, 1.165) is 0 Å². The molecule has 17 heavy (non-hydrogen) atoms. The van der Waals surface area contributed by atoms with Gasteiger partial charge in [0.25, 0.3) is 0 Å². The maximum absolute atomic E-state index is 11.5. The number of aromatic nitrogens is 1. The lowest BCUT2D eigenvalue weighted by Crippen LogP contribution is -2.15. The molecule has 1 amide bonds. The van der Waals surface area contributed by atoms with Crippen LogP contribution in [0.3, 0.4) is 0 Å². The molecule has 1 heterocycles. The summed E-state index contributed by atoms with van der Waals surface area (Å²) in [5.41, 5.74) is 0.469. The summed E-state index contributed by atoms with van der Waals surface area (Å²) in [4.78, 5) is 15.5. The number of nitrogens with one attached hydrogen (secondary N) is 1. The molecule has 5 nitrogen and oxygen atoms in total. The molecule has 1 N–H and O–H groups in total. The second-order valence-corrected chi connectivity index (χ2v) is 3.68. The van der Waals surface area contributed by atoms with Gasteiger partial charge in [-0.25, -0.2) is 4.98 Å². The fourth-order valence-corrected chi connectivity index (χ4v) is 1.19.